The van der Waals surface area contributed by atoms with Gasteiger partial charge in [-0.15, -0.1) is 0 Å². The fourth-order valence-corrected chi connectivity index (χ4v) is 2.52. The van der Waals surface area contributed by atoms with Crippen molar-refractivity contribution in [1.82, 2.24) is 0 Å². The molecule has 2 nitrogen and oxygen atoms in total. The van der Waals surface area contributed by atoms with Gasteiger partial charge >= 0.3 is 0 Å². The van der Waals surface area contributed by atoms with Crippen molar-refractivity contribution in [2.24, 2.45) is 16.2 Å². The van der Waals surface area contributed by atoms with E-state index in [0.717, 1.165) is 19.3 Å². The van der Waals surface area contributed by atoms with Crippen LogP contribution >= 0.6 is 0 Å². The van der Waals surface area contributed by atoms with Crippen LogP contribution in [0, 0.1) is 16.2 Å². The highest BCUT2D eigenvalue weighted by molar-refractivity contribution is 6.11. The zero-order valence-corrected chi connectivity index (χ0v) is 11.4. The number of carbonyl (C=O) groups is 2. The molecule has 0 amide bonds. The highest BCUT2D eigenvalue weighted by atomic mass is 16.2. The van der Waals surface area contributed by atoms with Gasteiger partial charge < -0.3 is 0 Å². The lowest BCUT2D eigenvalue weighted by atomic mass is 9.55. The van der Waals surface area contributed by atoms with Crippen LogP contribution in [0.1, 0.15) is 60.8 Å². The maximum Gasteiger partial charge on any atom is 0.151 e. The second-order valence-electron chi connectivity index (χ2n) is 7.09. The molecule has 1 rings (SSSR count). The minimum absolute atomic E-state index is 0.131. The molecule has 1 fully saturated rings. The summed E-state index contributed by atoms with van der Waals surface area (Å²) in [5.41, 5.74) is -1.50. The van der Waals surface area contributed by atoms with E-state index >= 15 is 0 Å². The molecule has 1 saturated carbocycles. The number of carbonyl (C=O) groups excluding carboxylic acids is 2. The Morgan fingerprint density at radius 3 is 1.25 bits per heavy atom. The summed E-state index contributed by atoms with van der Waals surface area (Å²) < 4.78 is 0. The van der Waals surface area contributed by atoms with E-state index in [-0.39, 0.29) is 11.6 Å². The molecular weight excluding hydrogens is 200 g/mol. The topological polar surface area (TPSA) is 34.1 Å². The van der Waals surface area contributed by atoms with E-state index in [1.807, 2.05) is 41.5 Å². The van der Waals surface area contributed by atoms with Crippen LogP contribution in [0.2, 0.25) is 0 Å². The van der Waals surface area contributed by atoms with Crippen LogP contribution < -0.4 is 0 Å². The largest absolute Gasteiger partial charge is 0.298 e. The summed E-state index contributed by atoms with van der Waals surface area (Å²) >= 11 is 0. The monoisotopic (exact) mass is 224 g/mol. The van der Waals surface area contributed by atoms with E-state index < -0.39 is 16.2 Å². The maximum absolute atomic E-state index is 12.4. The van der Waals surface area contributed by atoms with Crippen LogP contribution in [-0.4, -0.2) is 11.6 Å². The first-order valence-electron chi connectivity index (χ1n) is 6.12. The molecule has 0 aliphatic heterocycles. The first kappa shape index (κ1) is 13.4. The Hall–Kier alpha value is -0.660. The zero-order valence-electron chi connectivity index (χ0n) is 11.4. The minimum atomic E-state index is -0.670. The minimum Gasteiger partial charge on any atom is -0.298 e. The Balaban J connectivity index is 3.05. The third-order valence-electron chi connectivity index (χ3n) is 3.44. The summed E-state index contributed by atoms with van der Waals surface area (Å²) in [4.78, 5) is 24.9. The van der Waals surface area contributed by atoms with Gasteiger partial charge in [0.05, 0.1) is 5.41 Å². The van der Waals surface area contributed by atoms with E-state index in [0.29, 0.717) is 0 Å². The SMILES string of the molecule is CC(C)(C)C(=O)C1(C(=O)C(C)(C)C)CCC1. The van der Waals surface area contributed by atoms with Gasteiger partial charge in [-0.05, 0) is 12.8 Å². The molecule has 1 aliphatic rings. The van der Waals surface area contributed by atoms with Crippen molar-refractivity contribution in [1.29, 1.82) is 0 Å². The predicted molar refractivity (Wildman–Crippen MR) is 65.2 cm³/mol. The molecular formula is C14H24O2. The highest BCUT2D eigenvalue weighted by Crippen LogP contribution is 2.50. The zero-order chi connectivity index (χ0) is 12.8. The van der Waals surface area contributed by atoms with Crippen LogP contribution in [-0.2, 0) is 9.59 Å². The number of hydrogen-bond donors (Lipinski definition) is 0. The van der Waals surface area contributed by atoms with E-state index in [1.54, 1.807) is 0 Å². The summed E-state index contributed by atoms with van der Waals surface area (Å²) in [6, 6.07) is 0. The van der Waals surface area contributed by atoms with Gasteiger partial charge in [-0.2, -0.15) is 0 Å². The Morgan fingerprint density at radius 2 is 1.12 bits per heavy atom. The Kier molecular flexibility index (Phi) is 3.08. The molecule has 0 atom stereocenters. The van der Waals surface area contributed by atoms with Crippen molar-refractivity contribution >= 4 is 11.6 Å². The molecule has 0 aromatic carbocycles. The molecule has 0 aromatic heterocycles. The Morgan fingerprint density at radius 1 is 0.812 bits per heavy atom. The lowest BCUT2D eigenvalue weighted by Crippen LogP contribution is -2.53. The van der Waals surface area contributed by atoms with Crippen LogP contribution in [0.15, 0.2) is 0 Å². The van der Waals surface area contributed by atoms with Gasteiger partial charge in [0.2, 0.25) is 0 Å². The summed E-state index contributed by atoms with van der Waals surface area (Å²) in [6.45, 7) is 11.4. The molecule has 0 N–H and O–H groups in total. The van der Waals surface area contributed by atoms with Gasteiger partial charge in [-0.3, -0.25) is 9.59 Å². The summed E-state index contributed by atoms with van der Waals surface area (Å²) in [7, 11) is 0. The fraction of sp³-hybridized carbons (Fsp3) is 0.857. The predicted octanol–water partition coefficient (Wildman–Crippen LogP) is 3.39. The van der Waals surface area contributed by atoms with E-state index in [4.69, 9.17) is 0 Å². The van der Waals surface area contributed by atoms with Gasteiger partial charge in [0.15, 0.2) is 11.6 Å². The molecule has 0 aromatic rings. The van der Waals surface area contributed by atoms with Crippen LogP contribution in [0.25, 0.3) is 0 Å². The van der Waals surface area contributed by atoms with Crippen molar-refractivity contribution in [3.8, 4) is 0 Å². The first-order chi connectivity index (χ1) is 7.02. The molecule has 92 valence electrons. The molecule has 0 saturated heterocycles. The second kappa shape index (κ2) is 3.68. The number of ketones is 2. The second-order valence-corrected chi connectivity index (χ2v) is 7.09. The number of Topliss-reactive ketones (excluding diaryl/α,β-unsaturated/α-hetero) is 2. The molecule has 2 heteroatoms. The Bertz CT molecular complexity index is 281. The van der Waals surface area contributed by atoms with Crippen LogP contribution in [0.3, 0.4) is 0 Å². The lowest BCUT2D eigenvalue weighted by Gasteiger charge is -2.45. The summed E-state index contributed by atoms with van der Waals surface area (Å²) in [5.74, 6) is 0.261. The van der Waals surface area contributed by atoms with Gasteiger partial charge in [0.1, 0.15) is 0 Å². The molecule has 0 radical (unpaired) electrons. The van der Waals surface area contributed by atoms with Crippen molar-refractivity contribution in [2.75, 3.05) is 0 Å². The molecule has 0 unspecified atom stereocenters. The van der Waals surface area contributed by atoms with Crippen LogP contribution in [0.4, 0.5) is 0 Å². The van der Waals surface area contributed by atoms with Gasteiger partial charge in [-0.1, -0.05) is 48.0 Å². The quantitative estimate of drug-likeness (QED) is 0.674. The molecule has 0 heterocycles. The fourth-order valence-electron chi connectivity index (χ4n) is 2.52. The van der Waals surface area contributed by atoms with Gasteiger partial charge in [0.25, 0.3) is 0 Å². The average molecular weight is 224 g/mol. The van der Waals surface area contributed by atoms with Gasteiger partial charge in [0, 0.05) is 10.8 Å². The molecule has 16 heavy (non-hydrogen) atoms. The Labute approximate surface area is 98.8 Å². The van der Waals surface area contributed by atoms with Crippen molar-refractivity contribution in [3.05, 3.63) is 0 Å². The standard InChI is InChI=1S/C14H24O2/c1-12(2,3)10(15)14(8-7-9-14)11(16)13(4,5)6/h7-9H2,1-6H3. The summed E-state index contributed by atoms with van der Waals surface area (Å²) in [6.07, 6.45) is 2.50. The third-order valence-corrected chi connectivity index (χ3v) is 3.44. The van der Waals surface area contributed by atoms with Crippen molar-refractivity contribution in [3.63, 3.8) is 0 Å². The molecule has 1 aliphatic carbocycles. The average Bonchev–Trinajstić information content (AvgIpc) is 1.98. The lowest BCUT2D eigenvalue weighted by molar-refractivity contribution is -0.156. The van der Waals surface area contributed by atoms with Crippen molar-refractivity contribution in [2.45, 2.75) is 60.8 Å². The van der Waals surface area contributed by atoms with E-state index in [1.165, 1.54) is 0 Å². The van der Waals surface area contributed by atoms with Crippen LogP contribution in [0.5, 0.6) is 0 Å². The summed E-state index contributed by atoms with van der Waals surface area (Å²) in [5, 5.41) is 0. The van der Waals surface area contributed by atoms with E-state index in [2.05, 4.69) is 0 Å². The van der Waals surface area contributed by atoms with Crippen molar-refractivity contribution < 1.29 is 9.59 Å². The van der Waals surface area contributed by atoms with Gasteiger partial charge in [-0.25, -0.2) is 0 Å². The number of hydrogen-bond acceptors (Lipinski definition) is 2. The number of rotatable bonds is 2. The molecule has 0 bridgehead atoms. The highest BCUT2D eigenvalue weighted by Gasteiger charge is 2.55. The maximum atomic E-state index is 12.4. The first-order valence-corrected chi connectivity index (χ1v) is 6.12. The smallest absolute Gasteiger partial charge is 0.151 e. The molecule has 0 spiro atoms. The van der Waals surface area contributed by atoms with E-state index in [9.17, 15) is 9.59 Å². The normalized spacial score (nSPS) is 20.1. The third kappa shape index (κ3) is 2.07.